The fourth-order valence-electron chi connectivity index (χ4n) is 1.19. The van der Waals surface area contributed by atoms with Crippen LogP contribution < -0.4 is 5.73 Å². The van der Waals surface area contributed by atoms with Gasteiger partial charge in [0.1, 0.15) is 0 Å². The highest BCUT2D eigenvalue weighted by atomic mass is 16.4. The Labute approximate surface area is 74.6 Å². The van der Waals surface area contributed by atoms with Gasteiger partial charge in [-0.1, -0.05) is 0 Å². The second kappa shape index (κ2) is 3.30. The van der Waals surface area contributed by atoms with Crippen molar-refractivity contribution in [2.45, 2.75) is 13.3 Å². The predicted molar refractivity (Wildman–Crippen MR) is 45.4 cm³/mol. The molecule has 0 aliphatic rings. The van der Waals surface area contributed by atoms with Crippen LogP contribution >= 0.6 is 0 Å². The van der Waals surface area contributed by atoms with Gasteiger partial charge < -0.3 is 15.8 Å². The minimum absolute atomic E-state index is 0.0739. The number of aromatic amines is 1. The molecule has 4 N–H and O–H groups in total. The SMILES string of the molecule is Cc1c[nH]c(CC(N)=O)c1C(=O)O. The van der Waals surface area contributed by atoms with Gasteiger partial charge >= 0.3 is 5.97 Å². The van der Waals surface area contributed by atoms with E-state index in [0.717, 1.165) is 0 Å². The lowest BCUT2D eigenvalue weighted by Gasteiger charge is -1.97. The highest BCUT2D eigenvalue weighted by Crippen LogP contribution is 2.13. The Morgan fingerprint density at radius 3 is 2.69 bits per heavy atom. The topological polar surface area (TPSA) is 96.2 Å². The largest absolute Gasteiger partial charge is 0.478 e. The number of carboxylic acids is 1. The van der Waals surface area contributed by atoms with Crippen LogP contribution in [0.5, 0.6) is 0 Å². The Morgan fingerprint density at radius 1 is 1.62 bits per heavy atom. The van der Waals surface area contributed by atoms with Crippen molar-refractivity contribution in [3.8, 4) is 0 Å². The Kier molecular flexibility index (Phi) is 2.36. The van der Waals surface area contributed by atoms with Gasteiger partial charge in [-0.25, -0.2) is 4.79 Å². The quantitative estimate of drug-likeness (QED) is 0.616. The van der Waals surface area contributed by atoms with E-state index in [4.69, 9.17) is 10.8 Å². The van der Waals surface area contributed by atoms with Crippen LogP contribution in [0.1, 0.15) is 21.6 Å². The van der Waals surface area contributed by atoms with Gasteiger partial charge in [0.15, 0.2) is 0 Å². The van der Waals surface area contributed by atoms with Crippen LogP contribution in [0.25, 0.3) is 0 Å². The molecule has 0 unspecified atom stereocenters. The van der Waals surface area contributed by atoms with E-state index in [-0.39, 0.29) is 12.0 Å². The van der Waals surface area contributed by atoms with Crippen molar-refractivity contribution >= 4 is 11.9 Å². The number of carbonyl (C=O) groups is 2. The normalized spacial score (nSPS) is 9.92. The molecule has 1 aromatic rings. The number of carboxylic acid groups (broad SMARTS) is 1. The zero-order valence-corrected chi connectivity index (χ0v) is 7.13. The van der Waals surface area contributed by atoms with Crippen molar-refractivity contribution in [2.24, 2.45) is 5.73 Å². The number of hydrogen-bond donors (Lipinski definition) is 3. The monoisotopic (exact) mass is 182 g/mol. The molecular weight excluding hydrogens is 172 g/mol. The van der Waals surface area contributed by atoms with E-state index in [1.54, 1.807) is 13.1 Å². The molecule has 5 heteroatoms. The lowest BCUT2D eigenvalue weighted by Crippen LogP contribution is -2.16. The average Bonchev–Trinajstić information content (AvgIpc) is 2.30. The first-order valence-corrected chi connectivity index (χ1v) is 3.70. The molecule has 0 saturated heterocycles. The van der Waals surface area contributed by atoms with Crippen LogP contribution in [-0.2, 0) is 11.2 Å². The minimum atomic E-state index is -1.05. The van der Waals surface area contributed by atoms with Crippen molar-refractivity contribution < 1.29 is 14.7 Å². The fraction of sp³-hybridized carbons (Fsp3) is 0.250. The first-order chi connectivity index (χ1) is 6.02. The molecule has 0 bridgehead atoms. The first-order valence-electron chi connectivity index (χ1n) is 3.70. The number of aromatic nitrogens is 1. The zero-order valence-electron chi connectivity index (χ0n) is 7.13. The van der Waals surface area contributed by atoms with Crippen LogP contribution in [0, 0.1) is 6.92 Å². The van der Waals surface area contributed by atoms with E-state index >= 15 is 0 Å². The molecule has 0 aliphatic heterocycles. The van der Waals surface area contributed by atoms with E-state index in [0.29, 0.717) is 11.3 Å². The van der Waals surface area contributed by atoms with Crippen LogP contribution in [0.15, 0.2) is 6.20 Å². The van der Waals surface area contributed by atoms with Gasteiger partial charge in [-0.05, 0) is 12.5 Å². The molecule has 5 nitrogen and oxygen atoms in total. The number of rotatable bonds is 3. The molecule has 1 amide bonds. The number of H-pyrrole nitrogens is 1. The van der Waals surface area contributed by atoms with Gasteiger partial charge in [0.2, 0.25) is 5.91 Å². The number of aromatic carboxylic acids is 1. The summed E-state index contributed by atoms with van der Waals surface area (Å²) in [5.41, 5.74) is 6.05. The fourth-order valence-corrected chi connectivity index (χ4v) is 1.19. The van der Waals surface area contributed by atoms with Gasteiger partial charge in [0, 0.05) is 11.9 Å². The lowest BCUT2D eigenvalue weighted by molar-refractivity contribution is -0.117. The smallest absolute Gasteiger partial charge is 0.337 e. The molecular formula is C8H10N2O3. The maximum Gasteiger partial charge on any atom is 0.337 e. The summed E-state index contributed by atoms with van der Waals surface area (Å²) < 4.78 is 0. The minimum Gasteiger partial charge on any atom is -0.478 e. The summed E-state index contributed by atoms with van der Waals surface area (Å²) in [5.74, 6) is -1.60. The Bertz CT molecular complexity index is 354. The summed E-state index contributed by atoms with van der Waals surface area (Å²) in [7, 11) is 0. The Hall–Kier alpha value is -1.78. The Morgan fingerprint density at radius 2 is 2.23 bits per heavy atom. The molecule has 70 valence electrons. The molecule has 1 aromatic heterocycles. The summed E-state index contributed by atoms with van der Waals surface area (Å²) in [5, 5.41) is 8.78. The molecule has 0 atom stereocenters. The summed E-state index contributed by atoms with van der Waals surface area (Å²) in [6.45, 7) is 1.66. The maximum absolute atomic E-state index is 10.7. The van der Waals surface area contributed by atoms with Gasteiger partial charge in [0.05, 0.1) is 12.0 Å². The maximum atomic E-state index is 10.7. The summed E-state index contributed by atoms with van der Waals surface area (Å²) in [6, 6.07) is 0. The van der Waals surface area contributed by atoms with E-state index in [9.17, 15) is 9.59 Å². The molecule has 1 rings (SSSR count). The number of nitrogens with two attached hydrogens (primary N) is 1. The predicted octanol–water partition coefficient (Wildman–Crippen LogP) is 0.0491. The Balaban J connectivity index is 3.07. The number of nitrogens with one attached hydrogen (secondary N) is 1. The highest BCUT2D eigenvalue weighted by molar-refractivity contribution is 5.92. The summed E-state index contributed by atoms with van der Waals surface area (Å²) in [6.07, 6.45) is 1.47. The van der Waals surface area contributed by atoms with E-state index in [2.05, 4.69) is 4.98 Å². The van der Waals surface area contributed by atoms with Crippen LogP contribution in [0.2, 0.25) is 0 Å². The molecule has 0 aliphatic carbocycles. The van der Waals surface area contributed by atoms with Gasteiger partial charge in [-0.15, -0.1) is 0 Å². The molecule has 0 fully saturated rings. The van der Waals surface area contributed by atoms with Gasteiger partial charge in [-0.2, -0.15) is 0 Å². The van der Waals surface area contributed by atoms with E-state index in [1.165, 1.54) is 0 Å². The van der Waals surface area contributed by atoms with E-state index < -0.39 is 11.9 Å². The van der Waals surface area contributed by atoms with Crippen LogP contribution in [-0.4, -0.2) is 22.0 Å². The van der Waals surface area contributed by atoms with Crippen molar-refractivity contribution in [2.75, 3.05) is 0 Å². The van der Waals surface area contributed by atoms with Crippen LogP contribution in [0.4, 0.5) is 0 Å². The molecule has 1 heterocycles. The van der Waals surface area contributed by atoms with Crippen molar-refractivity contribution in [1.29, 1.82) is 0 Å². The van der Waals surface area contributed by atoms with Crippen molar-refractivity contribution in [3.05, 3.63) is 23.0 Å². The van der Waals surface area contributed by atoms with Crippen molar-refractivity contribution in [3.63, 3.8) is 0 Å². The van der Waals surface area contributed by atoms with Crippen molar-refractivity contribution in [1.82, 2.24) is 4.98 Å². The van der Waals surface area contributed by atoms with Gasteiger partial charge in [0.25, 0.3) is 0 Å². The second-order valence-electron chi connectivity index (χ2n) is 2.77. The molecule has 0 saturated carbocycles. The zero-order chi connectivity index (χ0) is 10.0. The molecule has 0 spiro atoms. The molecule has 0 radical (unpaired) electrons. The lowest BCUT2D eigenvalue weighted by atomic mass is 10.1. The standard InChI is InChI=1S/C8H10N2O3/c1-4-3-10-5(2-6(9)11)7(4)8(12)13/h3,10H,2H2,1H3,(H2,9,11)(H,12,13). The number of primary amides is 1. The number of carbonyl (C=O) groups excluding carboxylic acids is 1. The summed E-state index contributed by atoms with van der Waals surface area (Å²) in [4.78, 5) is 24.0. The third-order valence-corrected chi connectivity index (χ3v) is 1.72. The van der Waals surface area contributed by atoms with Crippen LogP contribution in [0.3, 0.4) is 0 Å². The molecule has 0 aromatic carbocycles. The summed E-state index contributed by atoms with van der Waals surface area (Å²) >= 11 is 0. The third kappa shape index (κ3) is 1.87. The highest BCUT2D eigenvalue weighted by Gasteiger charge is 2.16. The number of amides is 1. The van der Waals surface area contributed by atoms with E-state index in [1.807, 2.05) is 0 Å². The first kappa shape index (κ1) is 9.31. The third-order valence-electron chi connectivity index (χ3n) is 1.72. The second-order valence-corrected chi connectivity index (χ2v) is 2.77. The molecule has 13 heavy (non-hydrogen) atoms. The van der Waals surface area contributed by atoms with Gasteiger partial charge in [-0.3, -0.25) is 4.79 Å². The number of hydrogen-bond acceptors (Lipinski definition) is 2. The number of aryl methyl sites for hydroxylation is 1. The average molecular weight is 182 g/mol.